The Bertz CT molecular complexity index is 1530. The molecular weight excluding hydrogens is 550 g/mol. The predicted octanol–water partition coefficient (Wildman–Crippen LogP) is 5.80. The number of fused-ring (bicyclic) bond motifs is 1. The van der Waals surface area contributed by atoms with Gasteiger partial charge in [0.2, 0.25) is 0 Å². The number of ether oxygens (including phenoxy) is 3. The quantitative estimate of drug-likeness (QED) is 0.297. The van der Waals surface area contributed by atoms with Crippen molar-refractivity contribution < 1.29 is 33.4 Å². The highest BCUT2D eigenvalue weighted by atomic mass is 16.6. The Labute approximate surface area is 251 Å². The molecular formula is C33H37N3O7. The number of nitrogens with one attached hydrogen (secondary N) is 1. The fourth-order valence-corrected chi connectivity index (χ4v) is 4.88. The Morgan fingerprint density at radius 3 is 2.09 bits per heavy atom. The molecule has 4 rings (SSSR count). The summed E-state index contributed by atoms with van der Waals surface area (Å²) in [5.74, 6) is -0.949. The highest BCUT2D eigenvalue weighted by molar-refractivity contribution is 6.15. The van der Waals surface area contributed by atoms with Gasteiger partial charge in [0.15, 0.2) is 5.54 Å². The summed E-state index contributed by atoms with van der Waals surface area (Å²) in [5.41, 5.74) is -0.286. The van der Waals surface area contributed by atoms with E-state index < -0.39 is 40.7 Å². The van der Waals surface area contributed by atoms with E-state index in [1.165, 1.54) is 7.11 Å². The number of hydrogen-bond donors (Lipinski definition) is 1. The van der Waals surface area contributed by atoms with Crippen LogP contribution in [0.25, 0.3) is 0 Å². The molecule has 0 aromatic heterocycles. The Kier molecular flexibility index (Phi) is 8.52. The van der Waals surface area contributed by atoms with Gasteiger partial charge in [0, 0.05) is 11.1 Å². The fourth-order valence-electron chi connectivity index (χ4n) is 4.88. The molecule has 0 saturated carbocycles. The average Bonchev–Trinajstić information content (AvgIpc) is 2.94. The first kappa shape index (κ1) is 31.1. The number of amides is 4. The summed E-state index contributed by atoms with van der Waals surface area (Å²) in [4.78, 5) is 57.5. The number of methoxy groups -OCH3 is 1. The molecule has 1 heterocycles. The Balaban J connectivity index is 2.06. The number of nitrogens with zero attached hydrogens (tertiary/aromatic N) is 2. The first-order chi connectivity index (χ1) is 20.2. The van der Waals surface area contributed by atoms with Crippen molar-refractivity contribution in [2.45, 2.75) is 64.8 Å². The molecule has 1 atom stereocenters. The lowest BCUT2D eigenvalue weighted by Crippen LogP contribution is -2.68. The smallest absolute Gasteiger partial charge is 0.431 e. The van der Waals surface area contributed by atoms with Crippen LogP contribution in [0, 0.1) is 0 Å². The third kappa shape index (κ3) is 6.48. The van der Waals surface area contributed by atoms with E-state index in [9.17, 15) is 14.4 Å². The largest absolute Gasteiger partial charge is 0.497 e. The van der Waals surface area contributed by atoms with Gasteiger partial charge >= 0.3 is 12.2 Å². The molecule has 1 aliphatic heterocycles. The molecule has 10 nitrogen and oxygen atoms in total. The molecule has 0 saturated heterocycles. The van der Waals surface area contributed by atoms with Crippen LogP contribution in [0.2, 0.25) is 0 Å². The highest BCUT2D eigenvalue weighted by Crippen LogP contribution is 2.44. The monoisotopic (exact) mass is 587 g/mol. The second-order valence-electron chi connectivity index (χ2n) is 12.1. The standard InChI is InChI=1S/C33H37N3O7/c1-31(2,3)42-29(39)34-36(30(40)43-32(4,5)6)33(23-16-13-17-24(20-23)41-7)26-19-12-11-18-25(26)27(37)35(28(33)38)21-22-14-9-8-10-15-22/h8-20H,21H2,1-7H3,(H,34,39)/t33-/m0/s1. The number of benzene rings is 3. The molecule has 0 spiro atoms. The van der Waals surface area contributed by atoms with Gasteiger partial charge in [-0.2, -0.15) is 5.01 Å². The van der Waals surface area contributed by atoms with Crippen molar-refractivity contribution in [3.8, 4) is 5.75 Å². The van der Waals surface area contributed by atoms with E-state index in [1.807, 2.05) is 6.07 Å². The zero-order valence-corrected chi connectivity index (χ0v) is 25.5. The van der Waals surface area contributed by atoms with Crippen molar-refractivity contribution in [2.75, 3.05) is 7.11 Å². The Morgan fingerprint density at radius 2 is 1.47 bits per heavy atom. The van der Waals surface area contributed by atoms with E-state index in [-0.39, 0.29) is 23.2 Å². The fraction of sp³-hybridized carbons (Fsp3) is 0.333. The number of rotatable bonds is 5. The van der Waals surface area contributed by atoms with E-state index in [4.69, 9.17) is 14.2 Å². The second kappa shape index (κ2) is 11.8. The summed E-state index contributed by atoms with van der Waals surface area (Å²) in [6.07, 6.45) is -2.05. The lowest BCUT2D eigenvalue weighted by molar-refractivity contribution is -0.143. The molecule has 0 fully saturated rings. The Morgan fingerprint density at radius 1 is 0.837 bits per heavy atom. The molecule has 10 heteroatoms. The first-order valence-electron chi connectivity index (χ1n) is 13.8. The lowest BCUT2D eigenvalue weighted by Gasteiger charge is -2.47. The molecule has 3 aromatic carbocycles. The number of carbonyl (C=O) groups is 4. The van der Waals surface area contributed by atoms with Crippen LogP contribution in [0.1, 0.15) is 68.6 Å². The van der Waals surface area contributed by atoms with Gasteiger partial charge in [0.25, 0.3) is 11.8 Å². The van der Waals surface area contributed by atoms with Gasteiger partial charge in [0.05, 0.1) is 13.7 Å². The third-order valence-corrected chi connectivity index (χ3v) is 6.53. The van der Waals surface area contributed by atoms with Gasteiger partial charge in [-0.05, 0) is 70.9 Å². The van der Waals surface area contributed by atoms with Crippen LogP contribution in [0.15, 0.2) is 78.9 Å². The number of hydrazine groups is 1. The third-order valence-electron chi connectivity index (χ3n) is 6.53. The molecule has 0 radical (unpaired) electrons. The SMILES string of the molecule is COc1cccc([C@@]2(N(NC(=O)OC(C)(C)C)C(=O)OC(C)(C)C)C(=O)N(Cc3ccccc3)C(=O)c3ccccc32)c1. The summed E-state index contributed by atoms with van der Waals surface area (Å²) in [7, 11) is 1.47. The van der Waals surface area contributed by atoms with Crippen LogP contribution in [-0.4, -0.2) is 52.2 Å². The minimum absolute atomic E-state index is 0.0901. The van der Waals surface area contributed by atoms with Gasteiger partial charge in [-0.25, -0.2) is 15.0 Å². The second-order valence-corrected chi connectivity index (χ2v) is 12.1. The van der Waals surface area contributed by atoms with Crippen LogP contribution < -0.4 is 10.2 Å². The predicted molar refractivity (Wildman–Crippen MR) is 159 cm³/mol. The lowest BCUT2D eigenvalue weighted by atomic mass is 9.75. The van der Waals surface area contributed by atoms with Crippen molar-refractivity contribution in [2.24, 2.45) is 0 Å². The van der Waals surface area contributed by atoms with Gasteiger partial charge < -0.3 is 14.2 Å². The molecule has 1 aliphatic rings. The Hall–Kier alpha value is -4.86. The molecule has 1 N–H and O–H groups in total. The van der Waals surface area contributed by atoms with E-state index in [0.717, 1.165) is 9.91 Å². The van der Waals surface area contributed by atoms with Gasteiger partial charge in [-0.3, -0.25) is 14.5 Å². The maximum absolute atomic E-state index is 15.0. The summed E-state index contributed by atoms with van der Waals surface area (Å²) in [6, 6.07) is 22.0. The maximum Gasteiger partial charge on any atom is 0.431 e. The van der Waals surface area contributed by atoms with Gasteiger partial charge in [-0.1, -0.05) is 60.7 Å². The summed E-state index contributed by atoms with van der Waals surface area (Å²) < 4.78 is 16.8. The van der Waals surface area contributed by atoms with Crippen molar-refractivity contribution in [3.05, 3.63) is 101 Å². The van der Waals surface area contributed by atoms with Crippen LogP contribution in [0.3, 0.4) is 0 Å². The zero-order chi connectivity index (χ0) is 31.6. The van der Waals surface area contributed by atoms with Crippen molar-refractivity contribution in [1.82, 2.24) is 15.3 Å². The summed E-state index contributed by atoms with van der Waals surface area (Å²) >= 11 is 0. The van der Waals surface area contributed by atoms with E-state index in [1.54, 1.807) is 114 Å². The van der Waals surface area contributed by atoms with Crippen LogP contribution in [0.5, 0.6) is 5.75 Å². The zero-order valence-electron chi connectivity index (χ0n) is 25.5. The first-order valence-corrected chi connectivity index (χ1v) is 13.8. The topological polar surface area (TPSA) is 114 Å². The van der Waals surface area contributed by atoms with Crippen molar-refractivity contribution in [1.29, 1.82) is 0 Å². The van der Waals surface area contributed by atoms with Crippen LogP contribution >= 0.6 is 0 Å². The molecule has 3 aromatic rings. The van der Waals surface area contributed by atoms with E-state index in [0.29, 0.717) is 11.3 Å². The molecule has 4 amide bonds. The molecule has 0 unspecified atom stereocenters. The minimum Gasteiger partial charge on any atom is -0.497 e. The van der Waals surface area contributed by atoms with Crippen molar-refractivity contribution in [3.63, 3.8) is 0 Å². The van der Waals surface area contributed by atoms with E-state index in [2.05, 4.69) is 5.43 Å². The average molecular weight is 588 g/mol. The molecule has 226 valence electrons. The van der Waals surface area contributed by atoms with Gasteiger partial charge in [0.1, 0.15) is 17.0 Å². The highest BCUT2D eigenvalue weighted by Gasteiger charge is 2.59. The number of imide groups is 1. The van der Waals surface area contributed by atoms with Crippen molar-refractivity contribution >= 4 is 24.0 Å². The molecule has 0 aliphatic carbocycles. The molecule has 43 heavy (non-hydrogen) atoms. The minimum atomic E-state index is -2.12. The van der Waals surface area contributed by atoms with Crippen LogP contribution in [0.4, 0.5) is 9.59 Å². The van der Waals surface area contributed by atoms with Gasteiger partial charge in [-0.15, -0.1) is 0 Å². The number of hydrogen-bond acceptors (Lipinski definition) is 7. The van der Waals surface area contributed by atoms with Crippen LogP contribution in [-0.2, 0) is 26.4 Å². The maximum atomic E-state index is 15.0. The number of carbonyl (C=O) groups excluding carboxylic acids is 4. The van der Waals surface area contributed by atoms with E-state index >= 15 is 4.79 Å². The summed E-state index contributed by atoms with van der Waals surface area (Å²) in [6.45, 7) is 9.91. The summed E-state index contributed by atoms with van der Waals surface area (Å²) in [5, 5.41) is 0.826. The normalized spacial score (nSPS) is 16.7. The molecule has 0 bridgehead atoms.